The molecular formula is C14H20N2O5S2. The molecule has 1 amide bonds. The van der Waals surface area contributed by atoms with Crippen molar-refractivity contribution >= 4 is 33.2 Å². The monoisotopic (exact) mass is 360 g/mol. The Balaban J connectivity index is 1.62. The van der Waals surface area contributed by atoms with E-state index in [1.54, 1.807) is 11.4 Å². The molecule has 0 aromatic carbocycles. The molecule has 2 rings (SSSR count). The highest BCUT2D eigenvalue weighted by Gasteiger charge is 2.18. The second-order valence-corrected chi connectivity index (χ2v) is 8.23. The van der Waals surface area contributed by atoms with E-state index in [4.69, 9.17) is 4.74 Å². The van der Waals surface area contributed by atoms with E-state index < -0.39 is 16.0 Å². The number of hydrogen-bond donors (Lipinski definition) is 2. The lowest BCUT2D eigenvalue weighted by Gasteiger charge is -2.12. The van der Waals surface area contributed by atoms with E-state index in [1.807, 2.05) is 0 Å². The molecule has 9 heteroatoms. The van der Waals surface area contributed by atoms with E-state index in [0.717, 1.165) is 37.0 Å². The van der Waals surface area contributed by atoms with E-state index in [0.29, 0.717) is 0 Å². The summed E-state index contributed by atoms with van der Waals surface area (Å²) in [5, 5.41) is 4.47. The van der Waals surface area contributed by atoms with Crippen molar-refractivity contribution in [1.82, 2.24) is 10.0 Å². The van der Waals surface area contributed by atoms with Crippen molar-refractivity contribution in [2.24, 2.45) is 0 Å². The molecule has 0 aliphatic heterocycles. The first-order valence-electron chi connectivity index (χ1n) is 7.45. The predicted octanol–water partition coefficient (Wildman–Crippen LogP) is 1.02. The molecule has 1 aromatic heterocycles. The van der Waals surface area contributed by atoms with Crippen molar-refractivity contribution in [2.45, 2.75) is 42.4 Å². The summed E-state index contributed by atoms with van der Waals surface area (Å²) in [6, 6.07) is 3.30. The van der Waals surface area contributed by atoms with Crippen molar-refractivity contribution in [3.8, 4) is 0 Å². The minimum Gasteiger partial charge on any atom is -0.456 e. The molecule has 0 radical (unpaired) electrons. The van der Waals surface area contributed by atoms with Crippen molar-refractivity contribution in [3.05, 3.63) is 17.5 Å². The maximum absolute atomic E-state index is 11.8. The lowest BCUT2D eigenvalue weighted by atomic mass is 10.2. The summed E-state index contributed by atoms with van der Waals surface area (Å²) in [5.41, 5.74) is 0. The van der Waals surface area contributed by atoms with E-state index in [1.165, 1.54) is 6.07 Å². The standard InChI is InChI=1S/C14H20N2O5S2/c17-12(16-11-4-1-2-5-11)10-21-13(18)7-8-15-23(19,20)14-6-3-9-22-14/h3,6,9,11,15H,1-2,4-5,7-8,10H2,(H,16,17). The highest BCUT2D eigenvalue weighted by atomic mass is 32.2. The molecule has 128 valence electrons. The van der Waals surface area contributed by atoms with Crippen LogP contribution in [-0.4, -0.2) is 39.5 Å². The Morgan fingerprint density at radius 3 is 2.70 bits per heavy atom. The SMILES string of the molecule is O=C(COC(=O)CCNS(=O)(=O)c1cccs1)NC1CCCC1. The quantitative estimate of drug-likeness (QED) is 0.674. The van der Waals surface area contributed by atoms with Gasteiger partial charge in [-0.2, -0.15) is 0 Å². The maximum atomic E-state index is 11.8. The van der Waals surface area contributed by atoms with Gasteiger partial charge in [0.25, 0.3) is 5.91 Å². The largest absolute Gasteiger partial charge is 0.456 e. The molecule has 0 atom stereocenters. The van der Waals surface area contributed by atoms with Gasteiger partial charge in [-0.05, 0) is 24.3 Å². The van der Waals surface area contributed by atoms with Gasteiger partial charge in [0, 0.05) is 12.6 Å². The third-order valence-corrected chi connectivity index (χ3v) is 6.32. The Morgan fingerprint density at radius 2 is 2.04 bits per heavy atom. The average molecular weight is 360 g/mol. The fourth-order valence-electron chi connectivity index (χ4n) is 2.33. The summed E-state index contributed by atoms with van der Waals surface area (Å²) in [6.45, 7) is -0.393. The zero-order chi connectivity index (χ0) is 16.7. The number of nitrogens with one attached hydrogen (secondary N) is 2. The number of sulfonamides is 1. The van der Waals surface area contributed by atoms with E-state index in [9.17, 15) is 18.0 Å². The molecule has 1 aromatic rings. The molecule has 1 saturated carbocycles. The molecule has 1 aliphatic carbocycles. The Bertz CT molecular complexity index is 622. The van der Waals surface area contributed by atoms with Crippen LogP contribution in [0.25, 0.3) is 0 Å². The molecule has 0 spiro atoms. The number of amides is 1. The summed E-state index contributed by atoms with van der Waals surface area (Å²) >= 11 is 1.10. The third kappa shape index (κ3) is 5.92. The van der Waals surface area contributed by atoms with Crippen molar-refractivity contribution in [1.29, 1.82) is 0 Å². The van der Waals surface area contributed by atoms with Crippen molar-refractivity contribution < 1.29 is 22.7 Å². The van der Waals surface area contributed by atoms with Gasteiger partial charge in [-0.1, -0.05) is 18.9 Å². The summed E-state index contributed by atoms with van der Waals surface area (Å²) in [7, 11) is -3.58. The van der Waals surface area contributed by atoms with Gasteiger partial charge in [0.15, 0.2) is 6.61 Å². The van der Waals surface area contributed by atoms with Gasteiger partial charge >= 0.3 is 5.97 Å². The van der Waals surface area contributed by atoms with Crippen LogP contribution in [0.3, 0.4) is 0 Å². The molecule has 1 heterocycles. The van der Waals surface area contributed by atoms with Crippen LogP contribution in [0.4, 0.5) is 0 Å². The number of esters is 1. The lowest BCUT2D eigenvalue weighted by molar-refractivity contribution is -0.148. The number of thiophene rings is 1. The van der Waals surface area contributed by atoms with E-state index in [-0.39, 0.29) is 35.7 Å². The predicted molar refractivity (Wildman–Crippen MR) is 85.5 cm³/mol. The summed E-state index contributed by atoms with van der Waals surface area (Å²) < 4.78 is 31.0. The molecule has 0 unspecified atom stereocenters. The topological polar surface area (TPSA) is 102 Å². The molecule has 2 N–H and O–H groups in total. The Labute approximate surface area is 139 Å². The second kappa shape index (κ2) is 8.42. The van der Waals surface area contributed by atoms with Gasteiger partial charge in [-0.15, -0.1) is 11.3 Å². The minimum atomic E-state index is -3.58. The van der Waals surface area contributed by atoms with Gasteiger partial charge in [-0.3, -0.25) is 9.59 Å². The van der Waals surface area contributed by atoms with Gasteiger partial charge < -0.3 is 10.1 Å². The van der Waals surface area contributed by atoms with Crippen LogP contribution < -0.4 is 10.0 Å². The highest BCUT2D eigenvalue weighted by Crippen LogP contribution is 2.17. The summed E-state index contributed by atoms with van der Waals surface area (Å²) in [4.78, 5) is 23.1. The van der Waals surface area contributed by atoms with Crippen LogP contribution in [-0.2, 0) is 24.3 Å². The Morgan fingerprint density at radius 1 is 1.30 bits per heavy atom. The smallest absolute Gasteiger partial charge is 0.307 e. The normalized spacial score (nSPS) is 15.5. The first-order valence-corrected chi connectivity index (χ1v) is 9.82. The molecule has 1 aliphatic rings. The average Bonchev–Trinajstić information content (AvgIpc) is 3.18. The molecule has 23 heavy (non-hydrogen) atoms. The highest BCUT2D eigenvalue weighted by molar-refractivity contribution is 7.91. The van der Waals surface area contributed by atoms with Crippen LogP contribution in [0, 0.1) is 0 Å². The number of hydrogen-bond acceptors (Lipinski definition) is 6. The number of ether oxygens (including phenoxy) is 1. The van der Waals surface area contributed by atoms with E-state index in [2.05, 4.69) is 10.0 Å². The zero-order valence-electron chi connectivity index (χ0n) is 12.6. The number of carbonyl (C=O) groups is 2. The summed E-state index contributed by atoms with van der Waals surface area (Å²) in [5.74, 6) is -0.926. The minimum absolute atomic E-state index is 0.0662. The molecular weight excluding hydrogens is 340 g/mol. The van der Waals surface area contributed by atoms with Crippen LogP contribution in [0.15, 0.2) is 21.7 Å². The van der Waals surface area contributed by atoms with Crippen molar-refractivity contribution in [3.63, 3.8) is 0 Å². The fraction of sp³-hybridized carbons (Fsp3) is 0.571. The van der Waals surface area contributed by atoms with Crippen LogP contribution in [0.1, 0.15) is 32.1 Å². The second-order valence-electron chi connectivity index (χ2n) is 5.29. The third-order valence-electron chi connectivity index (χ3n) is 3.47. The number of rotatable bonds is 8. The van der Waals surface area contributed by atoms with Crippen molar-refractivity contribution in [2.75, 3.05) is 13.2 Å². The molecule has 0 bridgehead atoms. The van der Waals surface area contributed by atoms with E-state index >= 15 is 0 Å². The molecule has 7 nitrogen and oxygen atoms in total. The van der Waals surface area contributed by atoms with Gasteiger partial charge in [0.1, 0.15) is 4.21 Å². The van der Waals surface area contributed by atoms with Gasteiger partial charge in [0.2, 0.25) is 10.0 Å². The maximum Gasteiger partial charge on any atom is 0.307 e. The zero-order valence-corrected chi connectivity index (χ0v) is 14.2. The van der Waals surface area contributed by atoms with Gasteiger partial charge in [-0.25, -0.2) is 13.1 Å². The Hall–Kier alpha value is -1.45. The molecule has 0 saturated heterocycles. The summed E-state index contributed by atoms with van der Waals surface area (Å²) in [6.07, 6.45) is 4.01. The number of carbonyl (C=O) groups excluding carboxylic acids is 2. The lowest BCUT2D eigenvalue weighted by Crippen LogP contribution is -2.36. The van der Waals surface area contributed by atoms with Crippen LogP contribution in [0.5, 0.6) is 0 Å². The first-order chi connectivity index (χ1) is 11.0. The van der Waals surface area contributed by atoms with Crippen LogP contribution >= 0.6 is 11.3 Å². The molecule has 1 fully saturated rings. The fourth-order valence-corrected chi connectivity index (χ4v) is 4.40. The Kier molecular flexibility index (Phi) is 6.55. The van der Waals surface area contributed by atoms with Crippen LogP contribution in [0.2, 0.25) is 0 Å². The van der Waals surface area contributed by atoms with Gasteiger partial charge in [0.05, 0.1) is 6.42 Å². The first kappa shape index (κ1) is 17.9.